The van der Waals surface area contributed by atoms with Crippen molar-refractivity contribution in [1.29, 1.82) is 0 Å². The maximum Gasteiger partial charge on any atom is 0.513 e. The number of carbonyl (C=O) groups is 1. The average molecular weight is 208 g/mol. The summed E-state index contributed by atoms with van der Waals surface area (Å²) in [5.74, 6) is 0.525. The summed E-state index contributed by atoms with van der Waals surface area (Å²) in [5, 5.41) is 0. The van der Waals surface area contributed by atoms with E-state index in [2.05, 4.69) is 0 Å². The van der Waals surface area contributed by atoms with Gasteiger partial charge in [0.05, 0.1) is 6.61 Å². The molecule has 0 N–H and O–H groups in total. The van der Waals surface area contributed by atoms with Crippen molar-refractivity contribution in [1.82, 2.24) is 0 Å². The van der Waals surface area contributed by atoms with Crippen LogP contribution in [0.2, 0.25) is 0 Å². The number of unbranched alkanes of at least 4 members (excludes halogenated alkanes) is 1. The zero-order chi connectivity index (χ0) is 11.1. The molecule has 0 aliphatic rings. The van der Waals surface area contributed by atoms with Crippen LogP contribution in [0.15, 0.2) is 24.3 Å². The van der Waals surface area contributed by atoms with E-state index < -0.39 is 6.16 Å². The Kier molecular flexibility index (Phi) is 4.68. The number of hydrogen-bond acceptors (Lipinski definition) is 3. The van der Waals surface area contributed by atoms with Gasteiger partial charge in [0.25, 0.3) is 0 Å². The lowest BCUT2D eigenvalue weighted by Crippen LogP contribution is -2.11. The largest absolute Gasteiger partial charge is 0.513 e. The summed E-state index contributed by atoms with van der Waals surface area (Å²) in [7, 11) is 0. The quantitative estimate of drug-likeness (QED) is 0.432. The van der Waals surface area contributed by atoms with Crippen molar-refractivity contribution in [3.8, 4) is 5.75 Å². The smallest absolute Gasteiger partial charge is 0.434 e. The van der Waals surface area contributed by atoms with Gasteiger partial charge >= 0.3 is 6.16 Å². The fraction of sp³-hybridized carbons (Fsp3) is 0.417. The molecule has 3 nitrogen and oxygen atoms in total. The van der Waals surface area contributed by atoms with Crippen molar-refractivity contribution in [2.24, 2.45) is 0 Å². The monoisotopic (exact) mass is 208 g/mol. The fourth-order valence-corrected chi connectivity index (χ4v) is 1.10. The number of hydrogen-bond donors (Lipinski definition) is 0. The highest BCUT2D eigenvalue weighted by atomic mass is 16.7. The van der Waals surface area contributed by atoms with Gasteiger partial charge in [-0.05, 0) is 31.0 Å². The van der Waals surface area contributed by atoms with Crippen LogP contribution in [-0.2, 0) is 4.74 Å². The molecule has 0 saturated heterocycles. The van der Waals surface area contributed by atoms with Gasteiger partial charge in [0.2, 0.25) is 0 Å². The van der Waals surface area contributed by atoms with Crippen molar-refractivity contribution in [3.05, 3.63) is 29.8 Å². The van der Waals surface area contributed by atoms with Gasteiger partial charge in [-0.3, -0.25) is 0 Å². The maximum absolute atomic E-state index is 11.2. The topological polar surface area (TPSA) is 35.5 Å². The Balaban J connectivity index is 2.37. The Morgan fingerprint density at radius 2 is 2.20 bits per heavy atom. The minimum Gasteiger partial charge on any atom is -0.434 e. The minimum absolute atomic E-state index is 0.418. The highest BCUT2D eigenvalue weighted by Gasteiger charge is 2.04. The lowest BCUT2D eigenvalue weighted by atomic mass is 10.2. The minimum atomic E-state index is -0.631. The SMILES string of the molecule is CCCCOC(=O)Oc1cccc(C)c1. The van der Waals surface area contributed by atoms with E-state index in [1.54, 1.807) is 12.1 Å². The fourth-order valence-electron chi connectivity index (χ4n) is 1.10. The highest BCUT2D eigenvalue weighted by Crippen LogP contribution is 2.12. The van der Waals surface area contributed by atoms with Crippen LogP contribution in [0.1, 0.15) is 25.3 Å². The molecular weight excluding hydrogens is 192 g/mol. The number of carbonyl (C=O) groups excluding carboxylic acids is 1. The van der Waals surface area contributed by atoms with E-state index in [9.17, 15) is 4.79 Å². The number of ether oxygens (including phenoxy) is 2. The van der Waals surface area contributed by atoms with E-state index in [1.807, 2.05) is 26.0 Å². The Morgan fingerprint density at radius 3 is 2.87 bits per heavy atom. The van der Waals surface area contributed by atoms with E-state index in [-0.39, 0.29) is 0 Å². The van der Waals surface area contributed by atoms with Crippen LogP contribution in [0.4, 0.5) is 4.79 Å². The van der Waals surface area contributed by atoms with Gasteiger partial charge in [-0.2, -0.15) is 0 Å². The zero-order valence-electron chi connectivity index (χ0n) is 9.16. The maximum atomic E-state index is 11.2. The molecule has 82 valence electrons. The number of rotatable bonds is 4. The molecule has 0 aromatic heterocycles. The standard InChI is InChI=1S/C12H16O3/c1-3-4-8-14-12(13)15-11-7-5-6-10(2)9-11/h5-7,9H,3-4,8H2,1-2H3. The van der Waals surface area contributed by atoms with Crippen molar-refractivity contribution in [2.45, 2.75) is 26.7 Å². The second-order valence-electron chi connectivity index (χ2n) is 3.37. The predicted molar refractivity (Wildman–Crippen MR) is 58.1 cm³/mol. The molecule has 0 fully saturated rings. The van der Waals surface area contributed by atoms with Crippen molar-refractivity contribution < 1.29 is 14.3 Å². The van der Waals surface area contributed by atoms with Gasteiger partial charge in [-0.25, -0.2) is 4.79 Å². The Labute approximate surface area is 90.0 Å². The first-order chi connectivity index (χ1) is 7.22. The molecule has 0 atom stereocenters. The highest BCUT2D eigenvalue weighted by molar-refractivity contribution is 5.63. The molecule has 1 aromatic rings. The van der Waals surface area contributed by atoms with Crippen LogP contribution < -0.4 is 4.74 Å². The van der Waals surface area contributed by atoms with Crippen LogP contribution in [0.25, 0.3) is 0 Å². The van der Waals surface area contributed by atoms with E-state index in [4.69, 9.17) is 9.47 Å². The average Bonchev–Trinajstić information content (AvgIpc) is 2.18. The summed E-state index contributed by atoms with van der Waals surface area (Å²) in [5.41, 5.74) is 1.05. The molecule has 3 heteroatoms. The first-order valence-electron chi connectivity index (χ1n) is 5.13. The summed E-state index contributed by atoms with van der Waals surface area (Å²) in [6.07, 6.45) is 1.23. The van der Waals surface area contributed by atoms with E-state index >= 15 is 0 Å². The molecule has 0 aliphatic carbocycles. The summed E-state index contributed by atoms with van der Waals surface area (Å²) < 4.78 is 9.85. The molecule has 0 aliphatic heterocycles. The number of benzene rings is 1. The lowest BCUT2D eigenvalue weighted by molar-refractivity contribution is 0.0978. The van der Waals surface area contributed by atoms with E-state index in [1.165, 1.54) is 0 Å². The van der Waals surface area contributed by atoms with Crippen molar-refractivity contribution in [2.75, 3.05) is 6.61 Å². The molecule has 0 unspecified atom stereocenters. The third-order valence-electron chi connectivity index (χ3n) is 1.91. The summed E-state index contributed by atoms with van der Waals surface area (Å²) in [6.45, 7) is 4.39. The third-order valence-corrected chi connectivity index (χ3v) is 1.91. The predicted octanol–water partition coefficient (Wildman–Crippen LogP) is 3.31. The third kappa shape index (κ3) is 4.49. The van der Waals surface area contributed by atoms with Crippen molar-refractivity contribution in [3.63, 3.8) is 0 Å². The second kappa shape index (κ2) is 6.06. The molecular formula is C12H16O3. The van der Waals surface area contributed by atoms with E-state index in [0.717, 1.165) is 18.4 Å². The first kappa shape index (κ1) is 11.6. The zero-order valence-corrected chi connectivity index (χ0v) is 9.16. The van der Waals surface area contributed by atoms with Gasteiger partial charge in [-0.15, -0.1) is 0 Å². The molecule has 1 aromatic carbocycles. The Bertz CT molecular complexity index is 320. The van der Waals surface area contributed by atoms with Crippen LogP contribution in [0, 0.1) is 6.92 Å². The van der Waals surface area contributed by atoms with Gasteiger partial charge in [0.15, 0.2) is 0 Å². The second-order valence-corrected chi connectivity index (χ2v) is 3.37. The normalized spacial score (nSPS) is 9.73. The van der Waals surface area contributed by atoms with Gasteiger partial charge < -0.3 is 9.47 Å². The molecule has 0 bridgehead atoms. The molecule has 0 radical (unpaired) electrons. The Morgan fingerprint density at radius 1 is 1.40 bits per heavy atom. The molecule has 15 heavy (non-hydrogen) atoms. The first-order valence-corrected chi connectivity index (χ1v) is 5.13. The molecule has 0 heterocycles. The molecule has 1 rings (SSSR count). The lowest BCUT2D eigenvalue weighted by Gasteiger charge is -2.05. The summed E-state index contributed by atoms with van der Waals surface area (Å²) >= 11 is 0. The Hall–Kier alpha value is -1.51. The van der Waals surface area contributed by atoms with Gasteiger partial charge in [-0.1, -0.05) is 25.5 Å². The van der Waals surface area contributed by atoms with Crippen LogP contribution in [0.3, 0.4) is 0 Å². The molecule has 0 amide bonds. The summed E-state index contributed by atoms with van der Waals surface area (Å²) in [6, 6.07) is 7.30. The van der Waals surface area contributed by atoms with Crippen molar-refractivity contribution >= 4 is 6.16 Å². The van der Waals surface area contributed by atoms with Gasteiger partial charge in [0.1, 0.15) is 5.75 Å². The summed E-state index contributed by atoms with van der Waals surface area (Å²) in [4.78, 5) is 11.2. The van der Waals surface area contributed by atoms with Gasteiger partial charge in [0, 0.05) is 0 Å². The van der Waals surface area contributed by atoms with Crippen LogP contribution in [0.5, 0.6) is 5.75 Å². The number of aryl methyl sites for hydroxylation is 1. The molecule has 0 saturated carbocycles. The van der Waals surface area contributed by atoms with Crippen LogP contribution >= 0.6 is 0 Å². The van der Waals surface area contributed by atoms with E-state index in [0.29, 0.717) is 12.4 Å². The molecule has 0 spiro atoms. The van der Waals surface area contributed by atoms with Crippen LogP contribution in [-0.4, -0.2) is 12.8 Å².